The van der Waals surface area contributed by atoms with E-state index in [0.717, 1.165) is 42.1 Å². The predicted molar refractivity (Wildman–Crippen MR) is 195 cm³/mol. The molecule has 2 aliphatic heterocycles. The van der Waals surface area contributed by atoms with Crippen molar-refractivity contribution in [3.63, 3.8) is 0 Å². The van der Waals surface area contributed by atoms with E-state index < -0.39 is 28.7 Å². The summed E-state index contributed by atoms with van der Waals surface area (Å²) in [6, 6.07) is 23.2. The summed E-state index contributed by atoms with van der Waals surface area (Å²) in [7, 11) is 1.63. The van der Waals surface area contributed by atoms with Gasteiger partial charge >= 0.3 is 12.0 Å². The van der Waals surface area contributed by atoms with E-state index in [1.807, 2.05) is 18.2 Å². The van der Waals surface area contributed by atoms with Gasteiger partial charge in [-0.15, -0.1) is 0 Å². The Morgan fingerprint density at radius 3 is 2.12 bits per heavy atom. The van der Waals surface area contributed by atoms with Crippen LogP contribution in [0.15, 0.2) is 109 Å². The molecule has 0 bridgehead atoms. The largest absolute Gasteiger partial charge is 0.347 e. The standard InChI is InChI=1S/C43H44F5N2/c1-41(2)35(50(27-12-11-16-28-14-5-6-15-28)34-26-24-29-17-7-9-19-31(29)37(34)41)21-13-22-36-42(3,43(47,48)39(44)40(45)46)38-32-20-10-8-18-30(32)23-25-33(38)49(36)4/h7-10,13,17-26,28H,5-6,11-12,14-16,27H2,1-4H3/q+1. The van der Waals surface area contributed by atoms with E-state index in [2.05, 4.69) is 48.8 Å². The number of rotatable bonds is 9. The average molecular weight is 684 g/mol. The number of allylic oxidation sites excluding steroid dienone is 5. The normalized spacial score (nSPS) is 21.3. The Hall–Kier alpha value is -4.26. The number of fused-ring (bicyclic) bond motifs is 6. The molecule has 3 aliphatic rings. The summed E-state index contributed by atoms with van der Waals surface area (Å²) < 4.78 is 77.2. The molecule has 7 rings (SSSR count). The van der Waals surface area contributed by atoms with Crippen LogP contribution in [0.4, 0.5) is 33.3 Å². The molecule has 7 heteroatoms. The molecule has 0 N–H and O–H groups in total. The second kappa shape index (κ2) is 12.8. The lowest BCUT2D eigenvalue weighted by molar-refractivity contribution is -0.438. The van der Waals surface area contributed by atoms with Crippen LogP contribution in [0.3, 0.4) is 0 Å². The summed E-state index contributed by atoms with van der Waals surface area (Å²) in [4.78, 5) is 1.58. The highest BCUT2D eigenvalue weighted by atomic mass is 19.3. The first kappa shape index (κ1) is 34.2. The number of unbranched alkanes of at least 4 members (excludes halogenated alkanes) is 1. The molecule has 4 aromatic rings. The SMILES string of the molecule is CN1/C(=C/C=C/C2=[N+](CCCCC3CCCC3)c3ccc4ccccc4c3C2(C)C)C(C)(C(F)(F)C(F)=C(F)F)c2c1ccc1ccccc21. The zero-order valence-corrected chi connectivity index (χ0v) is 29.2. The number of alkyl halides is 2. The Morgan fingerprint density at radius 1 is 0.840 bits per heavy atom. The van der Waals surface area contributed by atoms with Crippen LogP contribution >= 0.6 is 0 Å². The van der Waals surface area contributed by atoms with Crippen molar-refractivity contribution in [3.8, 4) is 0 Å². The number of hydrogen-bond acceptors (Lipinski definition) is 1. The molecule has 0 radical (unpaired) electrons. The average Bonchev–Trinajstić information content (AvgIpc) is 3.76. The molecule has 1 unspecified atom stereocenters. The first-order valence-corrected chi connectivity index (χ1v) is 17.8. The van der Waals surface area contributed by atoms with Crippen LogP contribution in [-0.4, -0.2) is 29.8 Å². The van der Waals surface area contributed by atoms with Crippen LogP contribution < -0.4 is 4.90 Å². The van der Waals surface area contributed by atoms with Gasteiger partial charge in [0.2, 0.25) is 11.5 Å². The highest BCUT2D eigenvalue weighted by Gasteiger charge is 2.63. The van der Waals surface area contributed by atoms with Crippen molar-refractivity contribution in [1.82, 2.24) is 0 Å². The molecular weight excluding hydrogens is 639 g/mol. The molecular formula is C43H44F5N2+. The van der Waals surface area contributed by atoms with Crippen molar-refractivity contribution in [1.29, 1.82) is 0 Å². The molecule has 0 amide bonds. The van der Waals surface area contributed by atoms with Gasteiger partial charge in [-0.3, -0.25) is 0 Å². The van der Waals surface area contributed by atoms with Crippen molar-refractivity contribution in [2.75, 3.05) is 18.5 Å². The van der Waals surface area contributed by atoms with E-state index in [0.29, 0.717) is 16.5 Å². The molecule has 50 heavy (non-hydrogen) atoms. The molecule has 0 saturated heterocycles. The predicted octanol–water partition coefficient (Wildman–Crippen LogP) is 12.3. The molecule has 260 valence electrons. The second-order valence-corrected chi connectivity index (χ2v) is 14.9. The highest BCUT2D eigenvalue weighted by molar-refractivity contribution is 6.07. The molecule has 1 atom stereocenters. The van der Waals surface area contributed by atoms with Crippen molar-refractivity contribution in [2.45, 2.75) is 82.5 Å². The quantitative estimate of drug-likeness (QED) is 0.0967. The number of nitrogens with zero attached hydrogens (tertiary/aromatic N) is 2. The number of likely N-dealkylation sites (N-methyl/N-ethyl adjacent to an activating group) is 1. The van der Waals surface area contributed by atoms with Crippen molar-refractivity contribution < 1.29 is 26.5 Å². The lowest BCUT2D eigenvalue weighted by Crippen LogP contribution is -2.45. The van der Waals surface area contributed by atoms with Gasteiger partial charge in [-0.2, -0.15) is 26.5 Å². The Labute approximate surface area is 291 Å². The van der Waals surface area contributed by atoms with Crippen LogP contribution in [0, 0.1) is 5.92 Å². The van der Waals surface area contributed by atoms with Crippen LogP contribution in [0.2, 0.25) is 0 Å². The van der Waals surface area contributed by atoms with Gasteiger partial charge in [0.15, 0.2) is 5.71 Å². The van der Waals surface area contributed by atoms with Gasteiger partial charge in [0.1, 0.15) is 12.0 Å². The van der Waals surface area contributed by atoms with E-state index in [1.54, 1.807) is 54.4 Å². The molecule has 0 spiro atoms. The highest BCUT2D eigenvalue weighted by Crippen LogP contribution is 2.59. The monoisotopic (exact) mass is 683 g/mol. The van der Waals surface area contributed by atoms with Gasteiger partial charge in [0.25, 0.3) is 0 Å². The maximum atomic E-state index is 16.3. The second-order valence-electron chi connectivity index (χ2n) is 14.9. The fraction of sp³-hybridized carbons (Fsp3) is 0.372. The fourth-order valence-electron chi connectivity index (χ4n) is 9.10. The van der Waals surface area contributed by atoms with E-state index in [4.69, 9.17) is 0 Å². The zero-order valence-electron chi connectivity index (χ0n) is 29.2. The summed E-state index contributed by atoms with van der Waals surface area (Å²) in [5.41, 5.74) is 1.12. The van der Waals surface area contributed by atoms with Crippen LogP contribution in [0.25, 0.3) is 21.5 Å². The van der Waals surface area contributed by atoms with E-state index in [9.17, 15) is 13.2 Å². The number of anilines is 1. The third-order valence-electron chi connectivity index (χ3n) is 11.7. The maximum absolute atomic E-state index is 16.3. The molecule has 2 heterocycles. The Bertz CT molecular complexity index is 2100. The lowest BCUT2D eigenvalue weighted by Gasteiger charge is -2.35. The molecule has 0 aromatic heterocycles. The summed E-state index contributed by atoms with van der Waals surface area (Å²) in [5.74, 6) is -6.42. The van der Waals surface area contributed by atoms with Gasteiger partial charge in [-0.1, -0.05) is 92.8 Å². The fourth-order valence-corrected chi connectivity index (χ4v) is 9.10. The van der Waals surface area contributed by atoms with Crippen LogP contribution in [0.5, 0.6) is 0 Å². The van der Waals surface area contributed by atoms with Crippen molar-refractivity contribution in [3.05, 3.63) is 120 Å². The summed E-state index contributed by atoms with van der Waals surface area (Å²) >= 11 is 0. The first-order chi connectivity index (χ1) is 23.9. The number of benzene rings is 4. The maximum Gasteiger partial charge on any atom is 0.318 e. The van der Waals surface area contributed by atoms with Crippen LogP contribution in [0.1, 0.15) is 76.8 Å². The zero-order chi connectivity index (χ0) is 35.4. The molecule has 1 fully saturated rings. The minimum absolute atomic E-state index is 0.0315. The Kier molecular flexibility index (Phi) is 8.76. The minimum Gasteiger partial charge on any atom is -0.347 e. The smallest absolute Gasteiger partial charge is 0.318 e. The van der Waals surface area contributed by atoms with Gasteiger partial charge in [0.05, 0.1) is 5.41 Å². The topological polar surface area (TPSA) is 6.25 Å². The van der Waals surface area contributed by atoms with Gasteiger partial charge in [-0.25, -0.2) is 0 Å². The van der Waals surface area contributed by atoms with E-state index in [-0.39, 0.29) is 11.3 Å². The third kappa shape index (κ3) is 5.30. The Balaban J connectivity index is 1.34. The Morgan fingerprint density at radius 2 is 1.46 bits per heavy atom. The van der Waals surface area contributed by atoms with E-state index in [1.165, 1.54) is 50.0 Å². The van der Waals surface area contributed by atoms with Crippen molar-refractivity contribution >= 4 is 38.6 Å². The van der Waals surface area contributed by atoms with Crippen molar-refractivity contribution in [2.24, 2.45) is 5.92 Å². The minimum atomic E-state index is -4.53. The van der Waals surface area contributed by atoms with E-state index >= 15 is 8.78 Å². The number of hydrogen-bond donors (Lipinski definition) is 0. The molecule has 4 aromatic carbocycles. The third-order valence-corrected chi connectivity index (χ3v) is 11.7. The molecule has 2 nitrogen and oxygen atoms in total. The molecule has 1 aliphatic carbocycles. The van der Waals surface area contributed by atoms with Gasteiger partial charge in [-0.05, 0) is 72.9 Å². The first-order valence-electron chi connectivity index (χ1n) is 17.8. The van der Waals surface area contributed by atoms with Gasteiger partial charge in [0, 0.05) is 48.1 Å². The van der Waals surface area contributed by atoms with Gasteiger partial charge < -0.3 is 4.90 Å². The summed E-state index contributed by atoms with van der Waals surface area (Å²) in [6.45, 7) is 6.37. The van der Waals surface area contributed by atoms with Crippen LogP contribution in [-0.2, 0) is 10.8 Å². The number of halogens is 5. The summed E-state index contributed by atoms with van der Waals surface area (Å²) in [6.07, 6.45) is 10.9. The lowest BCUT2D eigenvalue weighted by atomic mass is 9.73. The summed E-state index contributed by atoms with van der Waals surface area (Å²) in [5, 5.41) is 3.46. The molecule has 1 saturated carbocycles.